The number of hydrogen-bond donors (Lipinski definition) is 2. The molecule has 2 aromatic carbocycles. The van der Waals surface area contributed by atoms with E-state index in [1.165, 1.54) is 0 Å². The predicted molar refractivity (Wildman–Crippen MR) is 150 cm³/mol. The number of carbonyl (C=O) groups excluding carboxylic acids is 2. The Morgan fingerprint density at radius 1 is 0.842 bits per heavy atom. The lowest BCUT2D eigenvalue weighted by atomic mass is 9.95. The normalized spacial score (nSPS) is 22.2. The molecule has 1 fully saturated rings. The summed E-state index contributed by atoms with van der Waals surface area (Å²) in [5.41, 5.74) is 4.49. The third kappa shape index (κ3) is 3.96. The first kappa shape index (κ1) is 23.4. The number of benzene rings is 2. The number of fused-ring (bicyclic) bond motifs is 12. The van der Waals surface area contributed by atoms with E-state index in [-0.39, 0.29) is 20.8 Å². The summed E-state index contributed by atoms with van der Waals surface area (Å²) in [6, 6.07) is 16.5. The third-order valence-corrected chi connectivity index (χ3v) is 7.99. The fraction of sp³-hybridized carbons (Fsp3) is 0.333. The van der Waals surface area contributed by atoms with Crippen molar-refractivity contribution in [3.63, 3.8) is 0 Å². The molecule has 2 N–H and O–H groups in total. The Hall–Kier alpha value is -3.72. The Labute approximate surface area is 223 Å². The quantitative estimate of drug-likeness (QED) is 0.406. The van der Waals surface area contributed by atoms with Gasteiger partial charge in [-0.25, -0.2) is 0 Å². The summed E-state index contributed by atoms with van der Waals surface area (Å²) in [5, 5.41) is 8.11. The Morgan fingerprint density at radius 2 is 1.47 bits per heavy atom. The van der Waals surface area contributed by atoms with Crippen LogP contribution in [0.2, 0.25) is 0 Å². The van der Waals surface area contributed by atoms with Gasteiger partial charge in [0.05, 0.1) is 30.5 Å². The zero-order chi connectivity index (χ0) is 25.6. The molecule has 4 aromatic rings. The van der Waals surface area contributed by atoms with E-state index in [9.17, 15) is 9.59 Å². The van der Waals surface area contributed by atoms with E-state index < -0.39 is 0 Å². The second kappa shape index (κ2) is 9.54. The van der Waals surface area contributed by atoms with E-state index in [0.717, 1.165) is 72.1 Å². The summed E-state index contributed by atoms with van der Waals surface area (Å²) in [7, 11) is 0. The van der Waals surface area contributed by atoms with Gasteiger partial charge in [-0.2, -0.15) is 0 Å². The zero-order valence-corrected chi connectivity index (χ0v) is 21.1. The number of imide groups is 1. The molecule has 2 aromatic heterocycles. The molecule has 38 heavy (non-hydrogen) atoms. The topological polar surface area (TPSA) is 86.5 Å². The second-order valence-electron chi connectivity index (χ2n) is 10.3. The summed E-state index contributed by atoms with van der Waals surface area (Å²) in [4.78, 5) is 26.5. The van der Waals surface area contributed by atoms with E-state index in [0.29, 0.717) is 30.3 Å². The number of nitrogens with one attached hydrogen (secondary N) is 2. The molecule has 2 atom stereocenters. The fourth-order valence-corrected chi connectivity index (χ4v) is 6.07. The van der Waals surface area contributed by atoms with E-state index in [4.69, 9.17) is 9.47 Å². The van der Waals surface area contributed by atoms with Gasteiger partial charge >= 0.3 is 0 Å². The molecule has 0 spiro atoms. The van der Waals surface area contributed by atoms with Crippen molar-refractivity contribution in [2.24, 2.45) is 0 Å². The number of amides is 2. The van der Waals surface area contributed by atoms with Crippen LogP contribution < -0.4 is 10.6 Å². The number of aromatic nitrogens is 2. The zero-order valence-electron chi connectivity index (χ0n) is 21.1. The van der Waals surface area contributed by atoms with Crippen LogP contribution >= 0.6 is 0 Å². The molecular formula is C30H34N4O4. The molecular weight excluding hydrogens is 480 g/mol. The van der Waals surface area contributed by atoms with Crippen LogP contribution in [0.3, 0.4) is 0 Å². The van der Waals surface area contributed by atoms with Gasteiger partial charge < -0.3 is 23.9 Å². The van der Waals surface area contributed by atoms with Crippen LogP contribution in [-0.4, -0.2) is 59.5 Å². The van der Waals surface area contributed by atoms with Crippen LogP contribution in [0, 0.1) is 0 Å². The maximum absolute atomic E-state index is 13.3. The molecule has 4 bridgehead atoms. The molecule has 1 saturated heterocycles. The Bertz CT molecular complexity index is 1600. The number of hydrogen-bond acceptors (Lipinski definition) is 5. The standard InChI is InChI=1S/C30H30N4O4.2H2/c35-29-27-23-16-33(25-7-3-1-5-21(23)25)11-9-20(15-31-19-10-13-37-18-19)38-14-12-34-17-24(28(27)30(36)32-29)22-6-2-4-8-26(22)34;;/h1-8,16-17,19-20,31H,9-15,18H2,(H,32,35,36);2*1H/t19?,20-;;/m0../s1. The summed E-state index contributed by atoms with van der Waals surface area (Å²) in [5.74, 6) is -0.698. The molecule has 198 valence electrons. The molecule has 8 heteroatoms. The van der Waals surface area contributed by atoms with Crippen molar-refractivity contribution in [1.29, 1.82) is 0 Å². The smallest absolute Gasteiger partial charge is 0.259 e. The molecule has 3 aliphatic heterocycles. The number of rotatable bonds is 3. The molecule has 2 amide bonds. The van der Waals surface area contributed by atoms with Gasteiger partial charge in [0.1, 0.15) is 0 Å². The minimum atomic E-state index is -0.352. The minimum Gasteiger partial charge on any atom is -0.380 e. The van der Waals surface area contributed by atoms with Crippen molar-refractivity contribution in [2.45, 2.75) is 38.1 Å². The molecule has 5 heterocycles. The first-order chi connectivity index (χ1) is 18.7. The van der Waals surface area contributed by atoms with Crippen LogP contribution in [0.1, 0.15) is 26.8 Å². The highest BCUT2D eigenvalue weighted by Crippen LogP contribution is 2.39. The molecule has 0 radical (unpaired) electrons. The van der Waals surface area contributed by atoms with Gasteiger partial charge in [0.25, 0.3) is 11.8 Å². The maximum Gasteiger partial charge on any atom is 0.259 e. The van der Waals surface area contributed by atoms with E-state index in [1.54, 1.807) is 0 Å². The predicted octanol–water partition coefficient (Wildman–Crippen LogP) is 3.82. The molecule has 0 saturated carbocycles. The number of nitrogens with zero attached hydrogens (tertiary/aromatic N) is 2. The number of carbonyl (C=O) groups is 2. The summed E-state index contributed by atoms with van der Waals surface area (Å²) < 4.78 is 16.3. The monoisotopic (exact) mass is 514 g/mol. The van der Waals surface area contributed by atoms with E-state index in [1.807, 2.05) is 48.8 Å². The van der Waals surface area contributed by atoms with Crippen molar-refractivity contribution in [1.82, 2.24) is 19.8 Å². The highest BCUT2D eigenvalue weighted by atomic mass is 16.5. The third-order valence-electron chi connectivity index (χ3n) is 7.99. The maximum atomic E-state index is 13.3. The Kier molecular flexibility index (Phi) is 5.88. The van der Waals surface area contributed by atoms with Gasteiger partial charge in [-0.1, -0.05) is 36.4 Å². The average molecular weight is 515 g/mol. The SMILES string of the molecule is O=C1NC(=O)C2=C1c1cn(c3ccccc13)CCO[C@H](CNC1CCOC1)CCn1cc2c2ccccc21.[HH].[HH]. The number of ether oxygens (including phenoxy) is 2. The van der Waals surface area contributed by atoms with Crippen molar-refractivity contribution < 1.29 is 21.9 Å². The number of para-hydroxylation sites is 2. The average Bonchev–Trinajstić information content (AvgIpc) is 3.70. The van der Waals surface area contributed by atoms with Crippen molar-refractivity contribution >= 4 is 44.8 Å². The molecule has 0 aliphatic carbocycles. The van der Waals surface area contributed by atoms with E-state index >= 15 is 0 Å². The largest absolute Gasteiger partial charge is 0.380 e. The van der Waals surface area contributed by atoms with Gasteiger partial charge in [0, 0.05) is 80.5 Å². The van der Waals surface area contributed by atoms with Gasteiger partial charge in [0.2, 0.25) is 0 Å². The lowest BCUT2D eigenvalue weighted by Crippen LogP contribution is -2.38. The van der Waals surface area contributed by atoms with Crippen LogP contribution in [-0.2, 0) is 32.2 Å². The lowest BCUT2D eigenvalue weighted by Gasteiger charge is -2.21. The minimum absolute atomic E-state index is 0. The first-order valence-electron chi connectivity index (χ1n) is 13.4. The molecule has 8 nitrogen and oxygen atoms in total. The molecule has 3 aliphatic rings. The van der Waals surface area contributed by atoms with Crippen LogP contribution in [0.15, 0.2) is 60.9 Å². The summed E-state index contributed by atoms with van der Waals surface area (Å²) >= 11 is 0. The van der Waals surface area contributed by atoms with E-state index in [2.05, 4.69) is 31.9 Å². The van der Waals surface area contributed by atoms with Gasteiger partial charge in [0.15, 0.2) is 0 Å². The molecule has 7 rings (SSSR count). The van der Waals surface area contributed by atoms with Crippen LogP contribution in [0.4, 0.5) is 0 Å². The summed E-state index contributed by atoms with van der Waals surface area (Å²) in [6.07, 6.45) is 5.88. The molecule has 1 unspecified atom stereocenters. The van der Waals surface area contributed by atoms with Crippen molar-refractivity contribution in [2.75, 3.05) is 26.4 Å². The first-order valence-corrected chi connectivity index (χ1v) is 13.4. The second-order valence-corrected chi connectivity index (χ2v) is 10.3. The lowest BCUT2D eigenvalue weighted by molar-refractivity contribution is -0.122. The van der Waals surface area contributed by atoms with Gasteiger partial charge in [-0.3, -0.25) is 14.9 Å². The Balaban J connectivity index is 0.00000161. The fourth-order valence-electron chi connectivity index (χ4n) is 6.07. The van der Waals surface area contributed by atoms with Crippen molar-refractivity contribution in [3.8, 4) is 0 Å². The highest BCUT2D eigenvalue weighted by Gasteiger charge is 2.35. The van der Waals surface area contributed by atoms with Crippen LogP contribution in [0.25, 0.3) is 33.0 Å². The highest BCUT2D eigenvalue weighted by molar-refractivity contribution is 6.50. The summed E-state index contributed by atoms with van der Waals surface area (Å²) in [6.45, 7) is 4.23. The number of aryl methyl sites for hydroxylation is 1. The van der Waals surface area contributed by atoms with Gasteiger partial charge in [-0.15, -0.1) is 0 Å². The van der Waals surface area contributed by atoms with Crippen LogP contribution in [0.5, 0.6) is 0 Å². The Morgan fingerprint density at radius 3 is 2.11 bits per heavy atom. The van der Waals surface area contributed by atoms with Crippen molar-refractivity contribution in [3.05, 3.63) is 72.1 Å². The van der Waals surface area contributed by atoms with Gasteiger partial charge in [-0.05, 0) is 25.0 Å².